The number of nitrogens with zero attached hydrogens (tertiary/aromatic N) is 1. The summed E-state index contributed by atoms with van der Waals surface area (Å²) in [5, 5.41) is 5.84. The van der Waals surface area contributed by atoms with Gasteiger partial charge in [0.05, 0.1) is 5.69 Å². The van der Waals surface area contributed by atoms with E-state index in [0.29, 0.717) is 0 Å². The largest absolute Gasteiger partial charge is 0.341 e. The van der Waals surface area contributed by atoms with Gasteiger partial charge in [0, 0.05) is 9.90 Å². The maximum absolute atomic E-state index is 10.7. The summed E-state index contributed by atoms with van der Waals surface area (Å²) in [6, 6.07) is 1.61. The first kappa shape index (κ1) is 8.00. The molecule has 4 nitrogen and oxygen atoms in total. The summed E-state index contributed by atoms with van der Waals surface area (Å²) in [5.41, 5.74) is 0.918. The third kappa shape index (κ3) is 2.19. The SMILES string of the molecule is CNC(=O)Nc1cc(C)ns1.[HH].[HH]. The Morgan fingerprint density at radius 1 is 1.82 bits per heavy atom. The lowest BCUT2D eigenvalue weighted by atomic mass is 10.5. The Labute approximate surface area is 71.8 Å². The molecular formula is C6H13N3OS. The zero-order valence-corrected chi connectivity index (χ0v) is 7.16. The second-order valence-electron chi connectivity index (χ2n) is 2.04. The van der Waals surface area contributed by atoms with Crippen LogP contribution in [0.25, 0.3) is 0 Å². The van der Waals surface area contributed by atoms with Crippen LogP contribution >= 0.6 is 11.5 Å². The van der Waals surface area contributed by atoms with Crippen molar-refractivity contribution in [2.45, 2.75) is 6.92 Å². The number of rotatable bonds is 1. The van der Waals surface area contributed by atoms with E-state index in [0.717, 1.165) is 10.7 Å². The number of nitrogens with one attached hydrogen (secondary N) is 2. The number of carbonyl (C=O) groups excluding carboxylic acids is 1. The van der Waals surface area contributed by atoms with Crippen molar-refractivity contribution in [1.29, 1.82) is 0 Å². The molecular weight excluding hydrogens is 162 g/mol. The lowest BCUT2D eigenvalue weighted by Crippen LogP contribution is -2.23. The molecule has 0 aliphatic rings. The summed E-state index contributed by atoms with van der Waals surface area (Å²) in [6.45, 7) is 1.88. The minimum absolute atomic E-state index is 0. The Balaban J connectivity index is 0. The van der Waals surface area contributed by atoms with Crippen molar-refractivity contribution in [3.05, 3.63) is 11.8 Å². The number of aromatic nitrogens is 1. The number of urea groups is 1. The van der Waals surface area contributed by atoms with E-state index in [4.69, 9.17) is 0 Å². The van der Waals surface area contributed by atoms with Gasteiger partial charge >= 0.3 is 6.03 Å². The second-order valence-corrected chi connectivity index (χ2v) is 2.84. The fraction of sp³-hybridized carbons (Fsp3) is 0.333. The number of aryl methyl sites for hydroxylation is 1. The first-order chi connectivity index (χ1) is 5.22. The average molecular weight is 175 g/mol. The number of hydrogen-bond acceptors (Lipinski definition) is 3. The van der Waals surface area contributed by atoms with Crippen LogP contribution in [0.5, 0.6) is 0 Å². The van der Waals surface area contributed by atoms with Gasteiger partial charge in [-0.25, -0.2) is 4.79 Å². The van der Waals surface area contributed by atoms with E-state index in [1.165, 1.54) is 11.5 Å². The average Bonchev–Trinajstić information content (AvgIpc) is 2.35. The van der Waals surface area contributed by atoms with E-state index in [1.54, 1.807) is 7.05 Å². The molecule has 0 atom stereocenters. The molecule has 0 aliphatic heterocycles. The van der Waals surface area contributed by atoms with Crippen LogP contribution in [0.4, 0.5) is 9.80 Å². The van der Waals surface area contributed by atoms with Crippen LogP contribution < -0.4 is 10.6 Å². The normalized spacial score (nSPS) is 9.27. The molecule has 5 heteroatoms. The van der Waals surface area contributed by atoms with Gasteiger partial charge in [0.2, 0.25) is 0 Å². The molecule has 11 heavy (non-hydrogen) atoms. The molecule has 1 heterocycles. The number of amides is 2. The van der Waals surface area contributed by atoms with E-state index in [2.05, 4.69) is 15.0 Å². The topological polar surface area (TPSA) is 54.0 Å². The fourth-order valence-corrected chi connectivity index (χ4v) is 1.25. The highest BCUT2D eigenvalue weighted by Gasteiger charge is 2.00. The van der Waals surface area contributed by atoms with Crippen LogP contribution in [0.3, 0.4) is 0 Å². The van der Waals surface area contributed by atoms with E-state index in [1.807, 2.05) is 13.0 Å². The Morgan fingerprint density at radius 3 is 3.00 bits per heavy atom. The lowest BCUT2D eigenvalue weighted by molar-refractivity contribution is 0.254. The molecule has 0 fully saturated rings. The summed E-state index contributed by atoms with van der Waals surface area (Å²) >= 11 is 1.27. The second kappa shape index (κ2) is 3.34. The van der Waals surface area contributed by atoms with Crippen molar-refractivity contribution >= 4 is 22.6 Å². The highest BCUT2D eigenvalue weighted by Crippen LogP contribution is 2.14. The first-order valence-corrected chi connectivity index (χ1v) is 3.92. The van der Waals surface area contributed by atoms with Gasteiger partial charge in [-0.2, -0.15) is 4.37 Å². The monoisotopic (exact) mass is 175 g/mol. The molecule has 1 aromatic heterocycles. The van der Waals surface area contributed by atoms with Crippen molar-refractivity contribution in [2.24, 2.45) is 0 Å². The molecule has 0 aliphatic carbocycles. The predicted molar refractivity (Wildman–Crippen MR) is 49.2 cm³/mol. The van der Waals surface area contributed by atoms with Crippen molar-refractivity contribution in [3.8, 4) is 0 Å². The van der Waals surface area contributed by atoms with Gasteiger partial charge < -0.3 is 5.32 Å². The molecule has 0 bridgehead atoms. The molecule has 0 spiro atoms. The predicted octanol–water partition coefficient (Wildman–Crippen LogP) is 1.69. The Hall–Kier alpha value is -1.10. The molecule has 0 aromatic carbocycles. The van der Waals surface area contributed by atoms with Gasteiger partial charge in [-0.05, 0) is 24.5 Å². The molecule has 1 aromatic rings. The maximum Gasteiger partial charge on any atom is 0.319 e. The smallest absolute Gasteiger partial charge is 0.319 e. The quantitative estimate of drug-likeness (QED) is 0.682. The summed E-state index contributed by atoms with van der Waals surface area (Å²) in [7, 11) is 1.57. The molecule has 2 N–H and O–H groups in total. The third-order valence-electron chi connectivity index (χ3n) is 1.09. The van der Waals surface area contributed by atoms with Gasteiger partial charge in [0.15, 0.2) is 0 Å². The minimum Gasteiger partial charge on any atom is -0.341 e. The van der Waals surface area contributed by atoms with Crippen LogP contribution in [-0.2, 0) is 0 Å². The molecule has 0 radical (unpaired) electrons. The van der Waals surface area contributed by atoms with Gasteiger partial charge in [-0.1, -0.05) is 0 Å². The molecule has 0 saturated carbocycles. The number of carbonyl (C=O) groups is 1. The first-order valence-electron chi connectivity index (χ1n) is 3.14. The summed E-state index contributed by atoms with van der Waals surface area (Å²) in [4.78, 5) is 10.7. The van der Waals surface area contributed by atoms with Gasteiger partial charge in [-0.3, -0.25) is 5.32 Å². The van der Waals surface area contributed by atoms with Crippen LogP contribution in [-0.4, -0.2) is 17.5 Å². The van der Waals surface area contributed by atoms with Crippen LogP contribution in [0.2, 0.25) is 0 Å². The zero-order chi connectivity index (χ0) is 8.27. The minimum atomic E-state index is -0.214. The van der Waals surface area contributed by atoms with Gasteiger partial charge in [-0.15, -0.1) is 0 Å². The Bertz CT molecular complexity index is 266. The maximum atomic E-state index is 10.7. The highest BCUT2D eigenvalue weighted by molar-refractivity contribution is 7.10. The molecule has 1 rings (SSSR count). The van der Waals surface area contributed by atoms with Crippen LogP contribution in [0.1, 0.15) is 8.55 Å². The highest BCUT2D eigenvalue weighted by atomic mass is 32.1. The molecule has 0 unspecified atom stereocenters. The fourth-order valence-electron chi connectivity index (χ4n) is 0.597. The Morgan fingerprint density at radius 2 is 2.55 bits per heavy atom. The van der Waals surface area contributed by atoms with E-state index in [9.17, 15) is 4.79 Å². The lowest BCUT2D eigenvalue weighted by Gasteiger charge is -1.97. The van der Waals surface area contributed by atoms with Crippen LogP contribution in [0.15, 0.2) is 6.07 Å². The number of hydrogen-bond donors (Lipinski definition) is 2. The van der Waals surface area contributed by atoms with Crippen molar-refractivity contribution in [1.82, 2.24) is 9.69 Å². The molecule has 64 valence electrons. The van der Waals surface area contributed by atoms with E-state index < -0.39 is 0 Å². The van der Waals surface area contributed by atoms with Crippen LogP contribution in [0, 0.1) is 6.92 Å². The molecule has 2 amide bonds. The van der Waals surface area contributed by atoms with Crippen molar-refractivity contribution < 1.29 is 7.65 Å². The van der Waals surface area contributed by atoms with E-state index >= 15 is 0 Å². The number of anilines is 1. The standard InChI is InChI=1S/C6H9N3OS.2H2/c1-4-3-5(11-9-4)8-6(10)7-2;;/h3H,1-2H3,(H2,7,8,10);2*1H. The van der Waals surface area contributed by atoms with Crippen molar-refractivity contribution in [3.63, 3.8) is 0 Å². The van der Waals surface area contributed by atoms with Crippen molar-refractivity contribution in [2.75, 3.05) is 12.4 Å². The molecule has 0 saturated heterocycles. The van der Waals surface area contributed by atoms with Gasteiger partial charge in [0.1, 0.15) is 5.00 Å². The summed E-state index contributed by atoms with van der Waals surface area (Å²) < 4.78 is 4.00. The zero-order valence-electron chi connectivity index (χ0n) is 6.34. The summed E-state index contributed by atoms with van der Waals surface area (Å²) in [5.74, 6) is 0. The van der Waals surface area contributed by atoms with Gasteiger partial charge in [0.25, 0.3) is 0 Å². The van der Waals surface area contributed by atoms with E-state index in [-0.39, 0.29) is 8.88 Å². The summed E-state index contributed by atoms with van der Waals surface area (Å²) in [6.07, 6.45) is 0. The Kier molecular flexibility index (Phi) is 2.43. The third-order valence-corrected chi connectivity index (χ3v) is 1.89.